The van der Waals surface area contributed by atoms with E-state index in [2.05, 4.69) is 11.7 Å². The zero-order valence-corrected chi connectivity index (χ0v) is 14.8. The van der Waals surface area contributed by atoms with E-state index in [1.54, 1.807) is 12.2 Å². The second kappa shape index (κ2) is 11.4. The van der Waals surface area contributed by atoms with Gasteiger partial charge in [0.05, 0.1) is 31.8 Å². The fourth-order valence-corrected chi connectivity index (χ4v) is 3.18. The smallest absolute Gasteiger partial charge is 0.309 e. The summed E-state index contributed by atoms with van der Waals surface area (Å²) in [5, 5.41) is 30.3. The molecule has 138 valence electrons. The number of hydrogen-bond donors (Lipinski definition) is 3. The fraction of sp³-hybridized carbons (Fsp3) is 0.737. The number of aliphatic hydroxyl groups excluding tert-OH is 3. The molecule has 0 bridgehead atoms. The van der Waals surface area contributed by atoms with Crippen LogP contribution in [0.25, 0.3) is 0 Å². The maximum Gasteiger partial charge on any atom is 0.309 e. The van der Waals surface area contributed by atoms with Crippen LogP contribution in [0.5, 0.6) is 0 Å². The van der Waals surface area contributed by atoms with Gasteiger partial charge in [-0.1, -0.05) is 50.5 Å². The predicted molar refractivity (Wildman–Crippen MR) is 93.3 cm³/mol. The highest BCUT2D eigenvalue weighted by molar-refractivity contribution is 5.70. The molecule has 0 unspecified atom stereocenters. The molecule has 1 aliphatic carbocycles. The molecule has 3 N–H and O–H groups in total. The van der Waals surface area contributed by atoms with Crippen LogP contribution in [0.3, 0.4) is 0 Å². The van der Waals surface area contributed by atoms with Gasteiger partial charge < -0.3 is 20.1 Å². The van der Waals surface area contributed by atoms with Crippen molar-refractivity contribution >= 4 is 5.97 Å². The Hall–Kier alpha value is -1.17. The standard InChI is InChI=1S/C19H32O5/c1-3-4-5-8-14(20)11-12-16-15(17(21)13-18(16)22)9-6-7-10-19(23)24-2/h6-7,11-12,14-18,20-22H,3-5,8-10,13H2,1-2H3/b7-6-,12-11?/t14-,15+,16-,17+,18-/m0/s1. The minimum Gasteiger partial charge on any atom is -0.469 e. The molecule has 1 fully saturated rings. The number of aliphatic hydroxyl groups is 3. The molecule has 0 aromatic heterocycles. The van der Waals surface area contributed by atoms with E-state index in [1.807, 2.05) is 12.2 Å². The van der Waals surface area contributed by atoms with Crippen LogP contribution in [0.15, 0.2) is 24.3 Å². The van der Waals surface area contributed by atoms with Crippen molar-refractivity contribution in [1.29, 1.82) is 0 Å². The quantitative estimate of drug-likeness (QED) is 0.323. The second-order valence-corrected chi connectivity index (χ2v) is 6.55. The molecule has 24 heavy (non-hydrogen) atoms. The van der Waals surface area contributed by atoms with Gasteiger partial charge in [-0.15, -0.1) is 0 Å². The second-order valence-electron chi connectivity index (χ2n) is 6.55. The summed E-state index contributed by atoms with van der Waals surface area (Å²) in [7, 11) is 1.35. The van der Waals surface area contributed by atoms with Crippen molar-refractivity contribution in [3.8, 4) is 0 Å². The van der Waals surface area contributed by atoms with Crippen LogP contribution in [0.1, 0.15) is 51.9 Å². The van der Waals surface area contributed by atoms with Gasteiger partial charge in [0.25, 0.3) is 0 Å². The lowest BCUT2D eigenvalue weighted by molar-refractivity contribution is -0.139. The highest BCUT2D eigenvalue weighted by atomic mass is 16.5. The summed E-state index contributed by atoms with van der Waals surface area (Å²) in [6.45, 7) is 2.12. The summed E-state index contributed by atoms with van der Waals surface area (Å²) in [6.07, 6.45) is 10.5. The van der Waals surface area contributed by atoms with Crippen LogP contribution in [-0.2, 0) is 9.53 Å². The molecular formula is C19H32O5. The van der Waals surface area contributed by atoms with E-state index in [0.717, 1.165) is 25.7 Å². The van der Waals surface area contributed by atoms with E-state index < -0.39 is 18.3 Å². The Labute approximate surface area is 145 Å². The lowest BCUT2D eigenvalue weighted by Crippen LogP contribution is -2.20. The van der Waals surface area contributed by atoms with E-state index in [9.17, 15) is 20.1 Å². The molecule has 5 atom stereocenters. The third-order valence-corrected chi connectivity index (χ3v) is 4.66. The average Bonchev–Trinajstić information content (AvgIpc) is 2.82. The van der Waals surface area contributed by atoms with Crippen LogP contribution in [0.2, 0.25) is 0 Å². The first-order chi connectivity index (χ1) is 11.5. The summed E-state index contributed by atoms with van der Waals surface area (Å²) >= 11 is 0. The molecule has 1 rings (SSSR count). The van der Waals surface area contributed by atoms with Crippen LogP contribution >= 0.6 is 0 Å². The summed E-state index contributed by atoms with van der Waals surface area (Å²) < 4.78 is 4.57. The predicted octanol–water partition coefficient (Wildman–Crippen LogP) is 2.35. The number of unbranched alkanes of at least 4 members (excludes halogenated alkanes) is 2. The summed E-state index contributed by atoms with van der Waals surface area (Å²) in [5.41, 5.74) is 0. The minimum atomic E-state index is -0.599. The number of hydrogen-bond acceptors (Lipinski definition) is 5. The number of esters is 1. The lowest BCUT2D eigenvalue weighted by atomic mass is 9.89. The average molecular weight is 340 g/mol. The highest BCUT2D eigenvalue weighted by Crippen LogP contribution is 2.36. The van der Waals surface area contributed by atoms with Crippen molar-refractivity contribution < 1.29 is 24.9 Å². The zero-order valence-electron chi connectivity index (χ0n) is 14.8. The summed E-state index contributed by atoms with van der Waals surface area (Å²) in [6, 6.07) is 0. The molecule has 0 amide bonds. The molecule has 5 heteroatoms. The number of carbonyl (C=O) groups excluding carboxylic acids is 1. The van der Waals surface area contributed by atoms with Gasteiger partial charge in [-0.25, -0.2) is 0 Å². The number of rotatable bonds is 10. The van der Waals surface area contributed by atoms with Crippen LogP contribution < -0.4 is 0 Å². The van der Waals surface area contributed by atoms with Gasteiger partial charge in [0.1, 0.15) is 0 Å². The SMILES string of the molecule is CCCCC[C@H](O)C=C[C@H]1[C@@H](C/C=C\CC(=O)OC)[C@H](O)C[C@@H]1O. The maximum absolute atomic E-state index is 11.1. The largest absolute Gasteiger partial charge is 0.469 e. The van der Waals surface area contributed by atoms with Gasteiger partial charge in [0.2, 0.25) is 0 Å². The van der Waals surface area contributed by atoms with Gasteiger partial charge in [-0.3, -0.25) is 4.79 Å². The Kier molecular flexibility index (Phi) is 9.91. The van der Waals surface area contributed by atoms with E-state index in [1.165, 1.54) is 7.11 Å². The molecule has 0 heterocycles. The van der Waals surface area contributed by atoms with Crippen molar-refractivity contribution in [3.63, 3.8) is 0 Å². The van der Waals surface area contributed by atoms with Gasteiger partial charge >= 0.3 is 5.97 Å². The van der Waals surface area contributed by atoms with Crippen LogP contribution in [0, 0.1) is 11.8 Å². The van der Waals surface area contributed by atoms with Gasteiger partial charge in [0.15, 0.2) is 0 Å². The number of carbonyl (C=O) groups is 1. The number of ether oxygens (including phenoxy) is 1. The molecule has 0 aromatic rings. The Bertz CT molecular complexity index is 418. The first-order valence-corrected chi connectivity index (χ1v) is 8.93. The van der Waals surface area contributed by atoms with Crippen molar-refractivity contribution in [2.24, 2.45) is 11.8 Å². The topological polar surface area (TPSA) is 87.0 Å². The summed E-state index contributed by atoms with van der Waals surface area (Å²) in [5.74, 6) is -0.582. The van der Waals surface area contributed by atoms with E-state index in [-0.39, 0.29) is 24.2 Å². The molecule has 1 saturated carbocycles. The van der Waals surface area contributed by atoms with Crippen molar-refractivity contribution in [1.82, 2.24) is 0 Å². The van der Waals surface area contributed by atoms with E-state index in [0.29, 0.717) is 12.8 Å². The zero-order chi connectivity index (χ0) is 17.9. The third kappa shape index (κ3) is 7.16. The van der Waals surface area contributed by atoms with Crippen LogP contribution in [0.4, 0.5) is 0 Å². The number of allylic oxidation sites excluding steroid dienone is 1. The molecule has 0 spiro atoms. The molecule has 0 saturated heterocycles. The van der Waals surface area contributed by atoms with Crippen molar-refractivity contribution in [2.45, 2.75) is 70.2 Å². The van der Waals surface area contributed by atoms with E-state index >= 15 is 0 Å². The molecule has 0 aromatic carbocycles. The van der Waals surface area contributed by atoms with Crippen LogP contribution in [-0.4, -0.2) is 46.7 Å². The molecule has 5 nitrogen and oxygen atoms in total. The number of methoxy groups -OCH3 is 1. The molecule has 1 aliphatic rings. The Morgan fingerprint density at radius 3 is 2.67 bits per heavy atom. The highest BCUT2D eigenvalue weighted by Gasteiger charge is 2.39. The first kappa shape index (κ1) is 20.9. The van der Waals surface area contributed by atoms with Gasteiger partial charge in [0, 0.05) is 12.3 Å². The van der Waals surface area contributed by atoms with Crippen molar-refractivity contribution in [3.05, 3.63) is 24.3 Å². The Morgan fingerprint density at radius 1 is 1.25 bits per heavy atom. The minimum absolute atomic E-state index is 0.104. The first-order valence-electron chi connectivity index (χ1n) is 8.93. The molecular weight excluding hydrogens is 308 g/mol. The normalized spacial score (nSPS) is 28.7. The van der Waals surface area contributed by atoms with Gasteiger partial charge in [-0.05, 0) is 18.8 Å². The van der Waals surface area contributed by atoms with Gasteiger partial charge in [-0.2, -0.15) is 0 Å². The van der Waals surface area contributed by atoms with E-state index in [4.69, 9.17) is 0 Å². The monoisotopic (exact) mass is 340 g/mol. The molecule has 0 aliphatic heterocycles. The fourth-order valence-electron chi connectivity index (χ4n) is 3.18. The lowest BCUT2D eigenvalue weighted by Gasteiger charge is -2.19. The third-order valence-electron chi connectivity index (χ3n) is 4.66. The summed E-state index contributed by atoms with van der Waals surface area (Å²) in [4.78, 5) is 11.1. The Morgan fingerprint density at radius 2 is 2.00 bits per heavy atom. The maximum atomic E-state index is 11.1. The van der Waals surface area contributed by atoms with Crippen molar-refractivity contribution in [2.75, 3.05) is 7.11 Å². The Balaban J connectivity index is 2.54. The molecule has 0 radical (unpaired) electrons.